The van der Waals surface area contributed by atoms with Crippen molar-refractivity contribution < 1.29 is 22.5 Å². The molecule has 94 valence electrons. The highest BCUT2D eigenvalue weighted by atomic mass is 19.4. The van der Waals surface area contributed by atoms with Crippen molar-refractivity contribution in [2.75, 3.05) is 0 Å². The molecule has 0 saturated heterocycles. The van der Waals surface area contributed by atoms with E-state index in [0.717, 1.165) is 6.07 Å². The van der Waals surface area contributed by atoms with Crippen molar-refractivity contribution in [1.29, 1.82) is 0 Å². The van der Waals surface area contributed by atoms with Crippen LogP contribution in [-0.4, -0.2) is 11.4 Å². The number of nitrogens with zero attached hydrogens (tertiary/aromatic N) is 1. The number of rotatable bonds is 3. The van der Waals surface area contributed by atoms with Gasteiger partial charge in [-0.15, -0.1) is 0 Å². The molecular formula is C12H8F3NO2. The van der Waals surface area contributed by atoms with Gasteiger partial charge < -0.3 is 4.52 Å². The van der Waals surface area contributed by atoms with Crippen LogP contribution in [0, 0.1) is 0 Å². The minimum atomic E-state index is -4.41. The van der Waals surface area contributed by atoms with Gasteiger partial charge in [0.25, 0.3) is 0 Å². The van der Waals surface area contributed by atoms with Crippen molar-refractivity contribution >= 4 is 6.29 Å². The Balaban J connectivity index is 2.31. The smallest absolute Gasteiger partial charge is 0.360 e. The summed E-state index contributed by atoms with van der Waals surface area (Å²) in [5, 5.41) is 3.40. The Labute approximate surface area is 100 Å². The largest absolute Gasteiger partial charge is 0.416 e. The molecule has 0 amide bonds. The summed E-state index contributed by atoms with van der Waals surface area (Å²) in [4.78, 5) is 10.4. The van der Waals surface area contributed by atoms with Crippen LogP contribution in [-0.2, 0) is 12.6 Å². The molecule has 3 nitrogen and oxygen atoms in total. The number of carbonyl (C=O) groups is 1. The molecule has 0 saturated carbocycles. The van der Waals surface area contributed by atoms with E-state index in [1.165, 1.54) is 24.3 Å². The van der Waals surface area contributed by atoms with Gasteiger partial charge in [-0.05, 0) is 11.6 Å². The topological polar surface area (TPSA) is 43.1 Å². The van der Waals surface area contributed by atoms with Crippen molar-refractivity contribution in [3.63, 3.8) is 0 Å². The van der Waals surface area contributed by atoms with Crippen LogP contribution in [0.4, 0.5) is 13.2 Å². The molecule has 0 aliphatic rings. The minimum absolute atomic E-state index is 0.0590. The number of hydrogen-bond acceptors (Lipinski definition) is 3. The van der Waals surface area contributed by atoms with Gasteiger partial charge >= 0.3 is 6.18 Å². The van der Waals surface area contributed by atoms with Crippen LogP contribution in [0.2, 0.25) is 0 Å². The van der Waals surface area contributed by atoms with Gasteiger partial charge in [0, 0.05) is 12.5 Å². The van der Waals surface area contributed by atoms with Crippen molar-refractivity contribution in [1.82, 2.24) is 5.16 Å². The normalized spacial score (nSPS) is 11.5. The highest BCUT2D eigenvalue weighted by Gasteiger charge is 2.33. The fourth-order valence-electron chi connectivity index (χ4n) is 1.61. The Morgan fingerprint density at radius 2 is 2.00 bits per heavy atom. The molecule has 0 fully saturated rings. The number of aldehydes is 1. The van der Waals surface area contributed by atoms with Gasteiger partial charge in [0.15, 0.2) is 6.29 Å². The summed E-state index contributed by atoms with van der Waals surface area (Å²) in [5.41, 5.74) is -0.567. The van der Waals surface area contributed by atoms with Gasteiger partial charge in [0.05, 0.1) is 5.56 Å². The third kappa shape index (κ3) is 2.58. The fourth-order valence-corrected chi connectivity index (χ4v) is 1.61. The van der Waals surface area contributed by atoms with E-state index >= 15 is 0 Å². The molecule has 1 aromatic carbocycles. The second-order valence-electron chi connectivity index (χ2n) is 3.67. The zero-order chi connectivity index (χ0) is 13.2. The van der Waals surface area contributed by atoms with Gasteiger partial charge in [-0.2, -0.15) is 13.2 Å². The van der Waals surface area contributed by atoms with Crippen LogP contribution < -0.4 is 0 Å². The van der Waals surface area contributed by atoms with Gasteiger partial charge in [-0.1, -0.05) is 23.4 Å². The van der Waals surface area contributed by atoms with Gasteiger partial charge in [0.1, 0.15) is 11.5 Å². The van der Waals surface area contributed by atoms with Gasteiger partial charge in [0.2, 0.25) is 0 Å². The third-order valence-electron chi connectivity index (χ3n) is 2.39. The molecule has 0 bridgehead atoms. The molecule has 0 N–H and O–H groups in total. The first-order chi connectivity index (χ1) is 8.50. The van der Waals surface area contributed by atoms with E-state index in [9.17, 15) is 18.0 Å². The molecule has 0 aliphatic carbocycles. The average molecular weight is 255 g/mol. The summed E-state index contributed by atoms with van der Waals surface area (Å²) in [5.74, 6) is 0.216. The standard InChI is InChI=1S/C12H8F3NO2/c13-12(14,15)11-4-2-1-3-8(11)5-10-6-9(7-17)16-18-10/h1-4,6-7H,5H2. The number of alkyl halides is 3. The summed E-state index contributed by atoms with van der Waals surface area (Å²) >= 11 is 0. The maximum Gasteiger partial charge on any atom is 0.416 e. The minimum Gasteiger partial charge on any atom is -0.360 e. The zero-order valence-corrected chi connectivity index (χ0v) is 9.07. The number of hydrogen-bond donors (Lipinski definition) is 0. The zero-order valence-electron chi connectivity index (χ0n) is 9.07. The fraction of sp³-hybridized carbons (Fsp3) is 0.167. The van der Waals surface area contributed by atoms with Crippen LogP contribution in [0.5, 0.6) is 0 Å². The Hall–Kier alpha value is -2.11. The average Bonchev–Trinajstić information content (AvgIpc) is 2.76. The lowest BCUT2D eigenvalue weighted by molar-refractivity contribution is -0.138. The molecule has 0 atom stereocenters. The predicted octanol–water partition coefficient (Wildman–Crippen LogP) is 3.10. The second kappa shape index (κ2) is 4.64. The van der Waals surface area contributed by atoms with Crippen molar-refractivity contribution in [2.45, 2.75) is 12.6 Å². The molecule has 0 radical (unpaired) electrons. The molecule has 2 aromatic rings. The van der Waals surface area contributed by atoms with Crippen LogP contribution in [0.15, 0.2) is 34.9 Å². The monoisotopic (exact) mass is 255 g/mol. The van der Waals surface area contributed by atoms with E-state index < -0.39 is 11.7 Å². The maximum atomic E-state index is 12.7. The van der Waals surface area contributed by atoms with Crippen LogP contribution >= 0.6 is 0 Å². The molecular weight excluding hydrogens is 247 g/mol. The highest BCUT2D eigenvalue weighted by molar-refractivity contribution is 5.71. The summed E-state index contributed by atoms with van der Waals surface area (Å²) in [7, 11) is 0. The first-order valence-electron chi connectivity index (χ1n) is 5.06. The molecule has 2 rings (SSSR count). The Bertz CT molecular complexity index is 560. The third-order valence-corrected chi connectivity index (χ3v) is 2.39. The first-order valence-corrected chi connectivity index (χ1v) is 5.06. The molecule has 1 heterocycles. The first kappa shape index (κ1) is 12.3. The lowest BCUT2D eigenvalue weighted by Gasteiger charge is -2.11. The van der Waals surface area contributed by atoms with E-state index in [1.807, 2.05) is 0 Å². The second-order valence-corrected chi connectivity index (χ2v) is 3.67. The van der Waals surface area contributed by atoms with E-state index in [-0.39, 0.29) is 23.4 Å². The highest BCUT2D eigenvalue weighted by Crippen LogP contribution is 2.32. The SMILES string of the molecule is O=Cc1cc(Cc2ccccc2C(F)(F)F)on1. The van der Waals surface area contributed by atoms with E-state index in [0.29, 0.717) is 6.29 Å². The Morgan fingerprint density at radius 1 is 1.28 bits per heavy atom. The molecule has 1 aromatic heterocycles. The number of benzene rings is 1. The van der Waals surface area contributed by atoms with E-state index in [2.05, 4.69) is 5.16 Å². The lowest BCUT2D eigenvalue weighted by atomic mass is 10.0. The maximum absolute atomic E-state index is 12.7. The van der Waals surface area contributed by atoms with Crippen LogP contribution in [0.1, 0.15) is 27.4 Å². The number of carbonyl (C=O) groups excluding carboxylic acids is 1. The van der Waals surface area contributed by atoms with Crippen molar-refractivity contribution in [3.8, 4) is 0 Å². The van der Waals surface area contributed by atoms with Gasteiger partial charge in [-0.3, -0.25) is 4.79 Å². The van der Waals surface area contributed by atoms with Gasteiger partial charge in [-0.25, -0.2) is 0 Å². The van der Waals surface area contributed by atoms with Crippen molar-refractivity contribution in [3.05, 3.63) is 52.9 Å². The summed E-state index contributed by atoms with van der Waals surface area (Å²) in [6.07, 6.45) is -4.00. The summed E-state index contributed by atoms with van der Waals surface area (Å²) < 4.78 is 42.9. The van der Waals surface area contributed by atoms with E-state index in [4.69, 9.17) is 4.52 Å². The molecule has 6 heteroatoms. The van der Waals surface area contributed by atoms with Crippen molar-refractivity contribution in [2.24, 2.45) is 0 Å². The van der Waals surface area contributed by atoms with Crippen LogP contribution in [0.3, 0.4) is 0 Å². The Morgan fingerprint density at radius 3 is 2.61 bits per heavy atom. The Kier molecular flexibility index (Phi) is 3.18. The number of halogens is 3. The summed E-state index contributed by atoms with van der Waals surface area (Å²) in [6.45, 7) is 0. The molecule has 0 aliphatic heterocycles. The number of aromatic nitrogens is 1. The molecule has 0 unspecified atom stereocenters. The summed E-state index contributed by atoms with van der Waals surface area (Å²) in [6, 6.07) is 6.53. The quantitative estimate of drug-likeness (QED) is 0.791. The van der Waals surface area contributed by atoms with Crippen LogP contribution in [0.25, 0.3) is 0 Å². The molecule has 0 spiro atoms. The lowest BCUT2D eigenvalue weighted by Crippen LogP contribution is -2.09. The van der Waals surface area contributed by atoms with E-state index in [1.54, 1.807) is 0 Å². The predicted molar refractivity (Wildman–Crippen MR) is 56.1 cm³/mol. The molecule has 18 heavy (non-hydrogen) atoms.